The zero-order chi connectivity index (χ0) is 17.4. The van der Waals surface area contributed by atoms with Crippen molar-refractivity contribution < 1.29 is 13.9 Å². The Labute approximate surface area is 142 Å². The Bertz CT molecular complexity index is 577. The number of likely N-dealkylation sites (tertiary alicyclic amines) is 1. The summed E-state index contributed by atoms with van der Waals surface area (Å²) < 4.78 is 18.3. The van der Waals surface area contributed by atoms with Gasteiger partial charge >= 0.3 is 5.97 Å². The van der Waals surface area contributed by atoms with Crippen LogP contribution in [0.25, 0.3) is 0 Å². The molecule has 0 saturated carbocycles. The molecule has 0 spiro atoms. The third-order valence-electron chi connectivity index (χ3n) is 4.14. The summed E-state index contributed by atoms with van der Waals surface area (Å²) >= 11 is 0. The second kappa shape index (κ2) is 9.25. The van der Waals surface area contributed by atoms with Gasteiger partial charge in [-0.15, -0.1) is 0 Å². The van der Waals surface area contributed by atoms with Gasteiger partial charge in [0.15, 0.2) is 5.96 Å². The number of halogens is 1. The molecule has 6 heteroatoms. The number of guanidine groups is 1. The maximum absolute atomic E-state index is 13.2. The summed E-state index contributed by atoms with van der Waals surface area (Å²) in [6.07, 6.45) is 2.51. The largest absolute Gasteiger partial charge is 0.466 e. The smallest absolute Gasteiger partial charge is 0.310 e. The van der Waals surface area contributed by atoms with E-state index in [1.165, 1.54) is 6.07 Å². The second-order valence-electron chi connectivity index (χ2n) is 5.89. The van der Waals surface area contributed by atoms with E-state index in [1.54, 1.807) is 19.2 Å². The molecule has 0 bridgehead atoms. The van der Waals surface area contributed by atoms with Crippen molar-refractivity contribution in [1.82, 2.24) is 10.2 Å². The van der Waals surface area contributed by atoms with Crippen LogP contribution in [-0.2, 0) is 16.0 Å². The van der Waals surface area contributed by atoms with E-state index < -0.39 is 0 Å². The highest BCUT2D eigenvalue weighted by Gasteiger charge is 2.28. The first-order valence-electron chi connectivity index (χ1n) is 8.50. The van der Waals surface area contributed by atoms with Crippen LogP contribution < -0.4 is 5.32 Å². The SMILES string of the molecule is CCOC(=O)C1CCCN(C(=NC)NCCc2cccc(F)c2)C1. The van der Waals surface area contributed by atoms with Crippen LogP contribution >= 0.6 is 0 Å². The zero-order valence-corrected chi connectivity index (χ0v) is 14.4. The van der Waals surface area contributed by atoms with E-state index in [9.17, 15) is 9.18 Å². The Kier molecular flexibility index (Phi) is 7.03. The highest BCUT2D eigenvalue weighted by Crippen LogP contribution is 2.18. The molecule has 2 rings (SSSR count). The van der Waals surface area contributed by atoms with Crippen LogP contribution in [0.5, 0.6) is 0 Å². The molecule has 1 N–H and O–H groups in total. The van der Waals surface area contributed by atoms with Crippen LogP contribution in [0.4, 0.5) is 4.39 Å². The molecule has 0 radical (unpaired) electrons. The average Bonchev–Trinajstić information content (AvgIpc) is 2.59. The van der Waals surface area contributed by atoms with Crippen molar-refractivity contribution in [2.45, 2.75) is 26.2 Å². The zero-order valence-electron chi connectivity index (χ0n) is 14.4. The van der Waals surface area contributed by atoms with Gasteiger partial charge in [0.1, 0.15) is 5.82 Å². The molecular formula is C18H26FN3O2. The van der Waals surface area contributed by atoms with Crippen molar-refractivity contribution in [3.05, 3.63) is 35.6 Å². The summed E-state index contributed by atoms with van der Waals surface area (Å²) in [5.41, 5.74) is 0.945. The van der Waals surface area contributed by atoms with Gasteiger partial charge < -0.3 is 15.0 Å². The lowest BCUT2D eigenvalue weighted by atomic mass is 9.98. The number of carbonyl (C=O) groups excluding carboxylic acids is 1. The Morgan fingerprint density at radius 2 is 2.33 bits per heavy atom. The summed E-state index contributed by atoms with van der Waals surface area (Å²) in [5, 5.41) is 3.30. The molecule has 1 atom stereocenters. The number of hydrogen-bond acceptors (Lipinski definition) is 3. The van der Waals surface area contributed by atoms with Gasteiger partial charge in [0.2, 0.25) is 0 Å². The van der Waals surface area contributed by atoms with Crippen molar-refractivity contribution in [2.75, 3.05) is 33.3 Å². The predicted molar refractivity (Wildman–Crippen MR) is 92.4 cm³/mol. The number of rotatable bonds is 5. The van der Waals surface area contributed by atoms with Gasteiger partial charge in [0, 0.05) is 26.7 Å². The maximum Gasteiger partial charge on any atom is 0.310 e. The van der Waals surface area contributed by atoms with Gasteiger partial charge in [0.05, 0.1) is 12.5 Å². The standard InChI is InChI=1S/C18H26FN3O2/c1-3-24-17(23)15-7-5-11-22(13-15)18(20-2)21-10-9-14-6-4-8-16(19)12-14/h4,6,8,12,15H,3,5,7,9-11,13H2,1-2H3,(H,20,21). The molecule has 1 aromatic carbocycles. The first kappa shape index (κ1) is 18.2. The minimum absolute atomic E-state index is 0.0968. The van der Waals surface area contributed by atoms with Gasteiger partial charge in [-0.25, -0.2) is 4.39 Å². The van der Waals surface area contributed by atoms with Crippen molar-refractivity contribution >= 4 is 11.9 Å². The Morgan fingerprint density at radius 1 is 1.50 bits per heavy atom. The fourth-order valence-corrected chi connectivity index (χ4v) is 2.97. The normalized spacial score (nSPS) is 18.4. The highest BCUT2D eigenvalue weighted by molar-refractivity contribution is 5.81. The topological polar surface area (TPSA) is 53.9 Å². The molecule has 24 heavy (non-hydrogen) atoms. The number of hydrogen-bond donors (Lipinski definition) is 1. The lowest BCUT2D eigenvalue weighted by molar-refractivity contribution is -0.149. The Balaban J connectivity index is 1.85. The van der Waals surface area contributed by atoms with E-state index in [2.05, 4.69) is 15.2 Å². The van der Waals surface area contributed by atoms with Gasteiger partial charge in [-0.3, -0.25) is 9.79 Å². The van der Waals surface area contributed by atoms with Crippen LogP contribution in [0.1, 0.15) is 25.3 Å². The average molecular weight is 335 g/mol. The molecule has 1 unspecified atom stereocenters. The molecule has 1 fully saturated rings. The maximum atomic E-state index is 13.2. The van der Waals surface area contributed by atoms with Crippen LogP contribution in [0.3, 0.4) is 0 Å². The van der Waals surface area contributed by atoms with E-state index in [1.807, 2.05) is 13.0 Å². The number of nitrogens with zero attached hydrogens (tertiary/aromatic N) is 2. The predicted octanol–water partition coefficient (Wildman–Crippen LogP) is 2.22. The molecule has 1 aliphatic rings. The minimum atomic E-state index is -0.217. The van der Waals surface area contributed by atoms with Crippen LogP contribution in [0.2, 0.25) is 0 Å². The summed E-state index contributed by atoms with van der Waals surface area (Å²) in [5.74, 6) is 0.337. The molecule has 1 heterocycles. The lowest BCUT2D eigenvalue weighted by Crippen LogP contribution is -2.48. The summed E-state index contributed by atoms with van der Waals surface area (Å²) in [7, 11) is 1.73. The van der Waals surface area contributed by atoms with Crippen molar-refractivity contribution in [2.24, 2.45) is 10.9 Å². The van der Waals surface area contributed by atoms with Crippen LogP contribution in [-0.4, -0.2) is 50.1 Å². The molecule has 0 amide bonds. The number of nitrogens with one attached hydrogen (secondary N) is 1. The first-order valence-corrected chi connectivity index (χ1v) is 8.50. The van der Waals surface area contributed by atoms with Gasteiger partial charge in [-0.2, -0.15) is 0 Å². The second-order valence-corrected chi connectivity index (χ2v) is 5.89. The fraction of sp³-hybridized carbons (Fsp3) is 0.556. The van der Waals surface area contributed by atoms with E-state index in [4.69, 9.17) is 4.74 Å². The molecule has 1 aromatic rings. The van der Waals surface area contributed by atoms with Crippen LogP contribution in [0.15, 0.2) is 29.3 Å². The number of piperidine rings is 1. The van der Waals surface area contributed by atoms with E-state index in [0.29, 0.717) is 26.1 Å². The number of ether oxygens (including phenoxy) is 1. The molecule has 0 aliphatic carbocycles. The van der Waals surface area contributed by atoms with Crippen molar-refractivity contribution in [1.29, 1.82) is 0 Å². The Morgan fingerprint density at radius 3 is 3.04 bits per heavy atom. The molecular weight excluding hydrogens is 309 g/mol. The number of aliphatic imine (C=N–C) groups is 1. The van der Waals surface area contributed by atoms with E-state index in [-0.39, 0.29) is 17.7 Å². The van der Waals surface area contributed by atoms with Gasteiger partial charge in [0.25, 0.3) is 0 Å². The third kappa shape index (κ3) is 5.22. The quantitative estimate of drug-likeness (QED) is 0.509. The molecule has 0 aromatic heterocycles. The Hall–Kier alpha value is -2.11. The van der Waals surface area contributed by atoms with E-state index in [0.717, 1.165) is 30.9 Å². The molecule has 132 valence electrons. The van der Waals surface area contributed by atoms with Gasteiger partial charge in [-0.05, 0) is 43.9 Å². The number of carbonyl (C=O) groups is 1. The summed E-state index contributed by atoms with van der Waals surface area (Å²) in [6.45, 7) is 4.39. The van der Waals surface area contributed by atoms with Crippen molar-refractivity contribution in [3.8, 4) is 0 Å². The van der Waals surface area contributed by atoms with E-state index >= 15 is 0 Å². The summed E-state index contributed by atoms with van der Waals surface area (Å²) in [4.78, 5) is 18.3. The molecule has 1 aliphatic heterocycles. The minimum Gasteiger partial charge on any atom is -0.466 e. The van der Waals surface area contributed by atoms with Crippen molar-refractivity contribution in [3.63, 3.8) is 0 Å². The molecule has 1 saturated heterocycles. The third-order valence-corrected chi connectivity index (χ3v) is 4.14. The lowest BCUT2D eigenvalue weighted by Gasteiger charge is -2.34. The monoisotopic (exact) mass is 335 g/mol. The summed E-state index contributed by atoms with van der Waals surface area (Å²) in [6, 6.07) is 6.61. The highest BCUT2D eigenvalue weighted by atomic mass is 19.1. The first-order chi connectivity index (χ1) is 11.6. The number of esters is 1. The van der Waals surface area contributed by atoms with Crippen LogP contribution in [0, 0.1) is 11.7 Å². The molecule has 5 nitrogen and oxygen atoms in total. The number of benzene rings is 1. The van der Waals surface area contributed by atoms with Gasteiger partial charge in [-0.1, -0.05) is 12.1 Å². The fourth-order valence-electron chi connectivity index (χ4n) is 2.97.